The molecule has 0 saturated heterocycles. The van der Waals surface area contributed by atoms with Crippen molar-refractivity contribution in [1.29, 1.82) is 0 Å². The number of rotatable bonds is 2. The van der Waals surface area contributed by atoms with Gasteiger partial charge in [0.15, 0.2) is 0 Å². The number of halogens is 2. The lowest BCUT2D eigenvalue weighted by Gasteiger charge is -2.32. The minimum absolute atomic E-state index is 0.0442. The first-order valence-corrected chi connectivity index (χ1v) is 5.93. The summed E-state index contributed by atoms with van der Waals surface area (Å²) in [7, 11) is 0. The molecule has 0 aromatic carbocycles. The lowest BCUT2D eigenvalue weighted by atomic mass is 9.77. The van der Waals surface area contributed by atoms with Crippen LogP contribution in [0.4, 0.5) is 0 Å². The number of hydrogen-bond acceptors (Lipinski definition) is 0. The molecule has 0 amide bonds. The maximum Gasteiger partial charge on any atom is 0.0448 e. The Balaban J connectivity index is 3.33. The van der Waals surface area contributed by atoms with E-state index in [1.807, 2.05) is 6.92 Å². The highest BCUT2D eigenvalue weighted by atomic mass is 35.5. The van der Waals surface area contributed by atoms with Gasteiger partial charge in [-0.1, -0.05) is 12.5 Å². The predicted molar refractivity (Wildman–Crippen MR) is 65.2 cm³/mol. The number of allylic oxidation sites excluding steroid dienone is 4. The van der Waals surface area contributed by atoms with Crippen molar-refractivity contribution in [2.45, 2.75) is 40.0 Å². The van der Waals surface area contributed by atoms with Crippen LogP contribution in [0, 0.1) is 5.41 Å². The summed E-state index contributed by atoms with van der Waals surface area (Å²) < 4.78 is 0. The molecule has 0 aromatic heterocycles. The maximum absolute atomic E-state index is 6.30. The van der Waals surface area contributed by atoms with Gasteiger partial charge in [-0.2, -0.15) is 0 Å². The molecule has 0 N–H and O–H groups in total. The van der Waals surface area contributed by atoms with Gasteiger partial charge in [-0.05, 0) is 44.4 Å². The van der Waals surface area contributed by atoms with E-state index in [1.165, 1.54) is 22.3 Å². The Kier molecular flexibility index (Phi) is 3.38. The van der Waals surface area contributed by atoms with E-state index in [1.54, 1.807) is 0 Å². The Morgan fingerprint density at radius 2 is 1.71 bits per heavy atom. The quantitative estimate of drug-likeness (QED) is 0.615. The van der Waals surface area contributed by atoms with Gasteiger partial charge in [0.05, 0.1) is 0 Å². The molecule has 0 aliphatic heterocycles. The number of hydrogen-bond donors (Lipinski definition) is 0. The van der Waals surface area contributed by atoms with Gasteiger partial charge in [-0.3, -0.25) is 0 Å². The van der Waals surface area contributed by atoms with Gasteiger partial charge in [-0.15, -0.1) is 23.2 Å². The van der Waals surface area contributed by atoms with Crippen molar-refractivity contribution in [2.75, 3.05) is 5.88 Å². The summed E-state index contributed by atoms with van der Waals surface area (Å²) >= 11 is 12.3. The fourth-order valence-corrected chi connectivity index (χ4v) is 3.06. The van der Waals surface area contributed by atoms with Crippen LogP contribution in [0.3, 0.4) is 0 Å². The van der Waals surface area contributed by atoms with Gasteiger partial charge in [0.1, 0.15) is 0 Å². The first-order valence-electron chi connectivity index (χ1n) is 4.96. The molecule has 0 unspecified atom stereocenters. The first-order chi connectivity index (χ1) is 6.37. The van der Waals surface area contributed by atoms with Crippen LogP contribution < -0.4 is 0 Å². The third-order valence-corrected chi connectivity index (χ3v) is 4.62. The summed E-state index contributed by atoms with van der Waals surface area (Å²) in [4.78, 5) is 0. The van der Waals surface area contributed by atoms with Crippen LogP contribution in [0.15, 0.2) is 22.3 Å². The predicted octanol–water partition coefficient (Wildman–Crippen LogP) is 4.53. The Morgan fingerprint density at radius 3 is 2.00 bits per heavy atom. The molecule has 0 fully saturated rings. The molecule has 14 heavy (non-hydrogen) atoms. The van der Waals surface area contributed by atoms with Crippen molar-refractivity contribution in [3.8, 4) is 0 Å². The molecule has 0 aromatic rings. The molecule has 0 radical (unpaired) electrons. The molecule has 2 heteroatoms. The average Bonchev–Trinajstić information content (AvgIpc) is 2.29. The summed E-state index contributed by atoms with van der Waals surface area (Å²) in [6.07, 6.45) is 0. The van der Waals surface area contributed by atoms with E-state index in [9.17, 15) is 0 Å². The number of alkyl halides is 2. The van der Waals surface area contributed by atoms with E-state index in [2.05, 4.69) is 27.7 Å². The van der Waals surface area contributed by atoms with Crippen molar-refractivity contribution >= 4 is 23.2 Å². The highest BCUT2D eigenvalue weighted by Crippen LogP contribution is 2.50. The maximum atomic E-state index is 6.30. The SMILES string of the molecule is CC1=C(C)[C@@](C)([C@@H](C)Cl)C(CCl)=C1C. The van der Waals surface area contributed by atoms with E-state index in [4.69, 9.17) is 23.2 Å². The van der Waals surface area contributed by atoms with Gasteiger partial charge in [0, 0.05) is 16.7 Å². The van der Waals surface area contributed by atoms with Gasteiger partial charge in [-0.25, -0.2) is 0 Å². The van der Waals surface area contributed by atoms with Gasteiger partial charge in [0.2, 0.25) is 0 Å². The van der Waals surface area contributed by atoms with Crippen molar-refractivity contribution in [3.05, 3.63) is 22.3 Å². The summed E-state index contributed by atoms with van der Waals surface area (Å²) in [6, 6.07) is 0. The third kappa shape index (κ3) is 1.44. The lowest BCUT2D eigenvalue weighted by Crippen LogP contribution is -2.28. The van der Waals surface area contributed by atoms with E-state index >= 15 is 0 Å². The third-order valence-electron chi connectivity index (χ3n) is 3.91. The highest BCUT2D eigenvalue weighted by Gasteiger charge is 2.41. The zero-order valence-corrected chi connectivity index (χ0v) is 11.1. The Hall–Kier alpha value is 0.0600. The summed E-state index contributed by atoms with van der Waals surface area (Å²) in [6.45, 7) is 10.7. The molecular weight excluding hydrogens is 215 g/mol. The molecule has 0 nitrogen and oxygen atoms in total. The van der Waals surface area contributed by atoms with Crippen molar-refractivity contribution in [1.82, 2.24) is 0 Å². The molecule has 80 valence electrons. The fraction of sp³-hybridized carbons (Fsp3) is 0.667. The van der Waals surface area contributed by atoms with Crippen molar-refractivity contribution in [3.63, 3.8) is 0 Å². The Bertz CT molecular complexity index is 310. The minimum Gasteiger partial charge on any atom is -0.122 e. The van der Waals surface area contributed by atoms with Crippen LogP contribution in [0.1, 0.15) is 34.6 Å². The molecule has 0 bridgehead atoms. The Morgan fingerprint density at radius 1 is 1.21 bits per heavy atom. The normalized spacial score (nSPS) is 30.2. The second-order valence-electron chi connectivity index (χ2n) is 4.31. The van der Waals surface area contributed by atoms with Crippen LogP contribution in [0.2, 0.25) is 0 Å². The van der Waals surface area contributed by atoms with Crippen LogP contribution in [-0.4, -0.2) is 11.3 Å². The average molecular weight is 233 g/mol. The van der Waals surface area contributed by atoms with Crippen LogP contribution >= 0.6 is 23.2 Å². The van der Waals surface area contributed by atoms with Crippen molar-refractivity contribution < 1.29 is 0 Å². The van der Waals surface area contributed by atoms with Crippen LogP contribution in [0.5, 0.6) is 0 Å². The monoisotopic (exact) mass is 232 g/mol. The molecule has 1 aliphatic rings. The molecular formula is C12H18Cl2. The van der Waals surface area contributed by atoms with E-state index in [-0.39, 0.29) is 10.8 Å². The van der Waals surface area contributed by atoms with E-state index < -0.39 is 0 Å². The standard InChI is InChI=1S/C12H18Cl2/c1-7-8(2)11(6-13)12(5,9(7)3)10(4)14/h10H,6H2,1-5H3/t10-,12+/m1/s1. The molecule has 0 saturated carbocycles. The second-order valence-corrected chi connectivity index (χ2v) is 5.23. The van der Waals surface area contributed by atoms with Gasteiger partial charge < -0.3 is 0 Å². The molecule has 2 atom stereocenters. The van der Waals surface area contributed by atoms with Gasteiger partial charge in [0.25, 0.3) is 0 Å². The Labute approximate surface area is 97.0 Å². The minimum atomic E-state index is -0.0442. The highest BCUT2D eigenvalue weighted by molar-refractivity contribution is 6.22. The zero-order valence-electron chi connectivity index (χ0n) is 9.54. The fourth-order valence-electron chi connectivity index (χ4n) is 2.29. The molecule has 0 spiro atoms. The van der Waals surface area contributed by atoms with Crippen LogP contribution in [0.25, 0.3) is 0 Å². The zero-order chi connectivity index (χ0) is 11.1. The van der Waals surface area contributed by atoms with Crippen LogP contribution in [-0.2, 0) is 0 Å². The second kappa shape index (κ2) is 3.90. The first kappa shape index (κ1) is 12.1. The smallest absolute Gasteiger partial charge is 0.0448 e. The van der Waals surface area contributed by atoms with Crippen molar-refractivity contribution in [2.24, 2.45) is 5.41 Å². The van der Waals surface area contributed by atoms with E-state index in [0.29, 0.717) is 5.88 Å². The van der Waals surface area contributed by atoms with Gasteiger partial charge >= 0.3 is 0 Å². The largest absolute Gasteiger partial charge is 0.122 e. The molecule has 1 aliphatic carbocycles. The topological polar surface area (TPSA) is 0 Å². The molecule has 0 heterocycles. The summed E-state index contributed by atoms with van der Waals surface area (Å²) in [5.41, 5.74) is 5.30. The summed E-state index contributed by atoms with van der Waals surface area (Å²) in [5, 5.41) is 0.0867. The van der Waals surface area contributed by atoms with E-state index in [0.717, 1.165) is 0 Å². The summed E-state index contributed by atoms with van der Waals surface area (Å²) in [5.74, 6) is 0.577. The molecule has 1 rings (SSSR count). The lowest BCUT2D eigenvalue weighted by molar-refractivity contribution is 0.477.